The number of nitrogens with one attached hydrogen (secondary N) is 3. The van der Waals surface area contributed by atoms with Crippen molar-refractivity contribution in [1.29, 1.82) is 0 Å². The molecule has 1 atom stereocenters. The fourth-order valence-corrected chi connectivity index (χ4v) is 4.58. The predicted octanol–water partition coefficient (Wildman–Crippen LogP) is 2.97. The number of thiophene rings is 1. The van der Waals surface area contributed by atoms with E-state index in [1.807, 2.05) is 0 Å². The number of anilines is 2. The number of amides is 4. The van der Waals surface area contributed by atoms with Crippen LogP contribution in [0.25, 0.3) is 0 Å². The first-order valence-electron chi connectivity index (χ1n) is 11.2. The number of halogens is 3. The largest absolute Gasteiger partial charge is 0.370 e. The average molecular weight is 541 g/mol. The number of hydrogen-bond acceptors (Lipinski definition) is 6. The van der Waals surface area contributed by atoms with Gasteiger partial charge in [-0.05, 0) is 43.2 Å². The molecule has 0 radical (unpaired) electrons. The number of morpholine rings is 1. The van der Waals surface area contributed by atoms with Crippen LogP contribution in [-0.4, -0.2) is 56.0 Å². The van der Waals surface area contributed by atoms with Crippen LogP contribution in [0, 0.1) is 5.92 Å². The maximum Gasteiger partial charge on any atom is 0.265 e. The predicted molar refractivity (Wildman–Crippen MR) is 130 cm³/mol. The number of carbonyl (C=O) groups is 4. The van der Waals surface area contributed by atoms with Crippen LogP contribution in [-0.2, 0) is 19.1 Å². The minimum atomic E-state index is -2.91. The molecule has 1 saturated carbocycles. The van der Waals surface area contributed by atoms with Crippen molar-refractivity contribution in [2.24, 2.45) is 5.92 Å². The lowest BCUT2D eigenvalue weighted by Gasteiger charge is -2.29. The first kappa shape index (κ1) is 26.0. The van der Waals surface area contributed by atoms with Crippen LogP contribution >= 0.6 is 22.9 Å². The van der Waals surface area contributed by atoms with Crippen molar-refractivity contribution in [3.05, 3.63) is 45.1 Å². The van der Waals surface area contributed by atoms with E-state index in [1.54, 1.807) is 6.07 Å². The summed E-state index contributed by atoms with van der Waals surface area (Å²) in [5, 5.41) is 7.73. The summed E-state index contributed by atoms with van der Waals surface area (Å²) < 4.78 is 33.1. The maximum atomic E-state index is 13.8. The van der Waals surface area contributed by atoms with E-state index in [2.05, 4.69) is 16.0 Å². The Bertz CT molecular complexity index is 1170. The number of nitrogens with zero attached hydrogens (tertiary/aromatic N) is 1. The molecule has 2 aromatic rings. The Balaban J connectivity index is 1.48. The van der Waals surface area contributed by atoms with Crippen molar-refractivity contribution in [1.82, 2.24) is 10.6 Å². The summed E-state index contributed by atoms with van der Waals surface area (Å²) in [6, 6.07) is 5.77. The van der Waals surface area contributed by atoms with Crippen molar-refractivity contribution >= 4 is 57.9 Å². The van der Waals surface area contributed by atoms with Gasteiger partial charge in [-0.2, -0.15) is 0 Å². The van der Waals surface area contributed by atoms with Crippen LogP contribution in [0.2, 0.25) is 4.34 Å². The summed E-state index contributed by atoms with van der Waals surface area (Å²) >= 11 is 6.92. The van der Waals surface area contributed by atoms with Crippen LogP contribution in [0.1, 0.15) is 34.5 Å². The zero-order chi connectivity index (χ0) is 25.8. The van der Waals surface area contributed by atoms with Crippen molar-refractivity contribution < 1.29 is 32.7 Å². The number of rotatable bonds is 9. The molecule has 192 valence electrons. The molecule has 3 N–H and O–H groups in total. The van der Waals surface area contributed by atoms with Gasteiger partial charge < -0.3 is 25.6 Å². The third kappa shape index (κ3) is 6.37. The van der Waals surface area contributed by atoms with Gasteiger partial charge in [-0.25, -0.2) is 8.78 Å². The molecular formula is C23H23ClF2N4O5S. The van der Waals surface area contributed by atoms with Crippen LogP contribution in [0.4, 0.5) is 20.2 Å². The Morgan fingerprint density at radius 2 is 1.97 bits per heavy atom. The van der Waals surface area contributed by atoms with Crippen LogP contribution in [0.3, 0.4) is 0 Å². The molecule has 2 aliphatic rings. The summed E-state index contributed by atoms with van der Waals surface area (Å²) in [5.74, 6) is -2.11. The second kappa shape index (κ2) is 11.3. The Morgan fingerprint density at radius 1 is 1.19 bits per heavy atom. The number of alkyl halides is 2. The molecular weight excluding hydrogens is 518 g/mol. The molecule has 2 fully saturated rings. The zero-order valence-electron chi connectivity index (χ0n) is 18.9. The highest BCUT2D eigenvalue weighted by molar-refractivity contribution is 7.18. The molecule has 4 amide bonds. The van der Waals surface area contributed by atoms with E-state index in [0.717, 1.165) is 17.4 Å². The summed E-state index contributed by atoms with van der Waals surface area (Å²) in [5.41, 5.74) is -0.331. The SMILES string of the molecule is O=C(NC[C@H](NC(=O)C1CC1)C(=O)Nc1ccc(N2CCOCC2=O)c(C(F)F)c1)c1ccc(Cl)s1. The van der Waals surface area contributed by atoms with Crippen LogP contribution < -0.4 is 20.9 Å². The first-order chi connectivity index (χ1) is 17.2. The molecule has 0 spiro atoms. The number of benzene rings is 1. The van der Waals surface area contributed by atoms with Gasteiger partial charge in [0.1, 0.15) is 12.6 Å². The second-order valence-corrected chi connectivity index (χ2v) is 10.0. The Labute approximate surface area is 214 Å². The first-order valence-corrected chi connectivity index (χ1v) is 12.4. The van der Waals surface area contributed by atoms with Gasteiger partial charge in [0.05, 0.1) is 21.5 Å². The normalized spacial score (nSPS) is 16.6. The molecule has 1 aliphatic carbocycles. The van der Waals surface area contributed by atoms with Gasteiger partial charge in [0.2, 0.25) is 11.8 Å². The van der Waals surface area contributed by atoms with E-state index in [0.29, 0.717) is 22.1 Å². The van der Waals surface area contributed by atoms with Gasteiger partial charge in [0, 0.05) is 30.3 Å². The lowest BCUT2D eigenvalue weighted by atomic mass is 10.1. The highest BCUT2D eigenvalue weighted by Crippen LogP contribution is 2.33. The highest BCUT2D eigenvalue weighted by atomic mass is 35.5. The van der Waals surface area contributed by atoms with E-state index in [9.17, 15) is 28.0 Å². The minimum absolute atomic E-state index is 0.0387. The summed E-state index contributed by atoms with van der Waals surface area (Å²) in [7, 11) is 0. The molecule has 9 nitrogen and oxygen atoms in total. The Kier molecular flexibility index (Phi) is 8.17. The molecule has 0 bridgehead atoms. The summed E-state index contributed by atoms with van der Waals surface area (Å²) in [6.45, 7) is -0.0684. The van der Waals surface area contributed by atoms with Crippen molar-refractivity contribution in [2.75, 3.05) is 36.5 Å². The fraction of sp³-hybridized carbons (Fsp3) is 0.391. The smallest absolute Gasteiger partial charge is 0.265 e. The molecule has 36 heavy (non-hydrogen) atoms. The molecule has 0 unspecified atom stereocenters. The van der Waals surface area contributed by atoms with Gasteiger partial charge in [0.15, 0.2) is 0 Å². The van der Waals surface area contributed by atoms with Crippen molar-refractivity contribution in [3.63, 3.8) is 0 Å². The Hall–Kier alpha value is -3.09. The molecule has 13 heteroatoms. The topological polar surface area (TPSA) is 117 Å². The molecule has 2 heterocycles. The van der Waals surface area contributed by atoms with E-state index in [-0.39, 0.29) is 49.5 Å². The number of hydrogen-bond donors (Lipinski definition) is 3. The van der Waals surface area contributed by atoms with Crippen LogP contribution in [0.5, 0.6) is 0 Å². The average Bonchev–Trinajstić information content (AvgIpc) is 3.62. The highest BCUT2D eigenvalue weighted by Gasteiger charge is 2.33. The maximum absolute atomic E-state index is 13.8. The number of carbonyl (C=O) groups excluding carboxylic acids is 4. The molecule has 1 aliphatic heterocycles. The fourth-order valence-electron chi connectivity index (χ4n) is 3.62. The van der Waals surface area contributed by atoms with Gasteiger partial charge in [0.25, 0.3) is 18.2 Å². The van der Waals surface area contributed by atoms with Gasteiger partial charge in [-0.3, -0.25) is 19.2 Å². The summed E-state index contributed by atoms with van der Waals surface area (Å²) in [6.07, 6.45) is -1.49. The molecule has 1 aromatic carbocycles. The standard InChI is InChI=1S/C23H23ClF2N4O5S/c24-18-6-5-17(36-18)23(34)27-10-15(29-21(32)12-1-2-12)22(33)28-13-3-4-16(14(9-13)20(25)26)30-7-8-35-11-19(30)31/h3-6,9,12,15,20H,1-2,7-8,10-11H2,(H,27,34)(H,28,33)(H,29,32)/t15-/m0/s1. The third-order valence-corrected chi connectivity index (χ3v) is 6.88. The molecule has 1 aromatic heterocycles. The van der Waals surface area contributed by atoms with E-state index in [4.69, 9.17) is 16.3 Å². The Morgan fingerprint density at radius 3 is 2.61 bits per heavy atom. The van der Waals surface area contributed by atoms with Gasteiger partial charge in [-0.15, -0.1) is 11.3 Å². The lowest BCUT2D eigenvalue weighted by molar-refractivity contribution is -0.127. The van der Waals surface area contributed by atoms with E-state index < -0.39 is 35.8 Å². The second-order valence-electron chi connectivity index (χ2n) is 8.31. The number of ether oxygens (including phenoxy) is 1. The van der Waals surface area contributed by atoms with Crippen molar-refractivity contribution in [2.45, 2.75) is 25.3 Å². The molecule has 4 rings (SSSR count). The zero-order valence-corrected chi connectivity index (χ0v) is 20.5. The minimum Gasteiger partial charge on any atom is -0.370 e. The molecule has 1 saturated heterocycles. The third-order valence-electron chi connectivity index (χ3n) is 5.65. The van der Waals surface area contributed by atoms with Crippen LogP contribution in [0.15, 0.2) is 30.3 Å². The summed E-state index contributed by atoms with van der Waals surface area (Å²) in [4.78, 5) is 51.4. The van der Waals surface area contributed by atoms with Gasteiger partial charge in [-0.1, -0.05) is 11.6 Å². The monoisotopic (exact) mass is 540 g/mol. The van der Waals surface area contributed by atoms with E-state index in [1.165, 1.54) is 23.1 Å². The van der Waals surface area contributed by atoms with E-state index >= 15 is 0 Å². The van der Waals surface area contributed by atoms with Gasteiger partial charge >= 0.3 is 0 Å². The van der Waals surface area contributed by atoms with Crippen molar-refractivity contribution in [3.8, 4) is 0 Å². The lowest BCUT2D eigenvalue weighted by Crippen LogP contribution is -2.51. The quantitative estimate of drug-likeness (QED) is 0.452.